The van der Waals surface area contributed by atoms with Crippen LogP contribution in [0, 0.1) is 0 Å². The van der Waals surface area contributed by atoms with Crippen molar-refractivity contribution in [1.82, 2.24) is 5.32 Å². The third kappa shape index (κ3) is 59.4. The number of carbonyl (C=O) groups is 2. The molecule has 6 heteroatoms. The van der Waals surface area contributed by atoms with Crippen molar-refractivity contribution in [2.24, 2.45) is 0 Å². The summed E-state index contributed by atoms with van der Waals surface area (Å²) >= 11 is 0. The van der Waals surface area contributed by atoms with Crippen LogP contribution >= 0.6 is 0 Å². The monoisotopic (exact) mass is 1030 g/mol. The van der Waals surface area contributed by atoms with Crippen LogP contribution in [0.4, 0.5) is 0 Å². The molecule has 0 aliphatic rings. The molecule has 6 nitrogen and oxygen atoms in total. The topological polar surface area (TPSA) is 95.9 Å². The van der Waals surface area contributed by atoms with Crippen molar-refractivity contribution in [2.45, 2.75) is 379 Å². The first-order valence-electron chi connectivity index (χ1n) is 33.1. The number of aliphatic hydroxyl groups is 2. The van der Waals surface area contributed by atoms with Crippen LogP contribution in [-0.4, -0.2) is 47.4 Å². The van der Waals surface area contributed by atoms with E-state index < -0.39 is 12.1 Å². The van der Waals surface area contributed by atoms with Gasteiger partial charge in [0.15, 0.2) is 0 Å². The molecule has 0 saturated heterocycles. The summed E-state index contributed by atoms with van der Waals surface area (Å²) in [6.45, 7) is 4.92. The summed E-state index contributed by atoms with van der Waals surface area (Å²) in [5.41, 5.74) is 0. The van der Waals surface area contributed by atoms with E-state index in [1.54, 1.807) is 6.08 Å². The number of unbranched alkanes of at least 4 members (excludes halogenated alkanes) is 49. The Balaban J connectivity index is 3.35. The van der Waals surface area contributed by atoms with Crippen molar-refractivity contribution in [2.75, 3.05) is 13.2 Å². The van der Waals surface area contributed by atoms with Gasteiger partial charge in [-0.25, -0.2) is 0 Å². The summed E-state index contributed by atoms with van der Waals surface area (Å²) < 4.78 is 5.49. The van der Waals surface area contributed by atoms with Gasteiger partial charge in [0, 0.05) is 12.8 Å². The second kappa shape index (κ2) is 62.9. The number of allylic oxidation sites excluding steroid dienone is 3. The molecule has 0 spiro atoms. The van der Waals surface area contributed by atoms with E-state index in [1.807, 2.05) is 6.08 Å². The van der Waals surface area contributed by atoms with Gasteiger partial charge in [-0.1, -0.05) is 321 Å². The third-order valence-corrected chi connectivity index (χ3v) is 15.5. The highest BCUT2D eigenvalue weighted by Crippen LogP contribution is 2.18. The van der Waals surface area contributed by atoms with E-state index in [1.165, 1.54) is 302 Å². The average molecular weight is 1030 g/mol. The largest absolute Gasteiger partial charge is 0.466 e. The third-order valence-electron chi connectivity index (χ3n) is 15.5. The fourth-order valence-electron chi connectivity index (χ4n) is 10.4. The minimum absolute atomic E-state index is 0.0194. The Kier molecular flexibility index (Phi) is 61.4. The Labute approximate surface area is 456 Å². The zero-order valence-electron chi connectivity index (χ0n) is 49.4. The van der Waals surface area contributed by atoms with Crippen LogP contribution in [-0.2, 0) is 14.3 Å². The van der Waals surface area contributed by atoms with Gasteiger partial charge in [0.1, 0.15) is 0 Å². The van der Waals surface area contributed by atoms with Crippen LogP contribution in [0.2, 0.25) is 0 Å². The van der Waals surface area contributed by atoms with Gasteiger partial charge in [0.25, 0.3) is 0 Å². The lowest BCUT2D eigenvalue weighted by molar-refractivity contribution is -0.143. The number of aliphatic hydroxyl groups excluding tert-OH is 2. The fourth-order valence-corrected chi connectivity index (χ4v) is 10.4. The van der Waals surface area contributed by atoms with E-state index in [4.69, 9.17) is 4.74 Å². The van der Waals surface area contributed by atoms with E-state index >= 15 is 0 Å². The Hall–Kier alpha value is -1.66. The molecule has 1 amide bonds. The number of ether oxygens (including phenoxy) is 1. The molecule has 0 aromatic carbocycles. The molecule has 0 radical (unpaired) electrons. The highest BCUT2D eigenvalue weighted by molar-refractivity contribution is 5.76. The lowest BCUT2D eigenvalue weighted by Crippen LogP contribution is -2.45. The van der Waals surface area contributed by atoms with Gasteiger partial charge in [0.05, 0.1) is 25.4 Å². The first-order valence-corrected chi connectivity index (χ1v) is 33.1. The Morgan fingerprint density at radius 3 is 0.973 bits per heavy atom. The summed E-state index contributed by atoms with van der Waals surface area (Å²) in [4.78, 5) is 24.5. The molecular formula is C67H129NO5. The maximum Gasteiger partial charge on any atom is 0.305 e. The van der Waals surface area contributed by atoms with E-state index in [0.29, 0.717) is 19.4 Å². The predicted octanol–water partition coefficient (Wildman–Crippen LogP) is 21.0. The summed E-state index contributed by atoms with van der Waals surface area (Å²) in [5, 5.41) is 23.1. The van der Waals surface area contributed by atoms with Crippen LogP contribution in [0.5, 0.6) is 0 Å². The summed E-state index contributed by atoms with van der Waals surface area (Å²) in [6, 6.07) is -0.625. The van der Waals surface area contributed by atoms with Crippen molar-refractivity contribution in [3.63, 3.8) is 0 Å². The molecule has 3 N–H and O–H groups in total. The summed E-state index contributed by atoms with van der Waals surface area (Å²) in [5.74, 6) is -0.0464. The Morgan fingerprint density at radius 2 is 0.644 bits per heavy atom. The van der Waals surface area contributed by atoms with Crippen molar-refractivity contribution < 1.29 is 24.5 Å². The number of nitrogens with one attached hydrogen (secondary N) is 1. The molecule has 0 saturated carbocycles. The van der Waals surface area contributed by atoms with Crippen molar-refractivity contribution in [3.8, 4) is 0 Å². The van der Waals surface area contributed by atoms with Gasteiger partial charge < -0.3 is 20.3 Å². The number of amides is 1. The number of rotatable bonds is 62. The molecule has 432 valence electrons. The lowest BCUT2D eigenvalue weighted by Gasteiger charge is -2.20. The SMILES string of the molecule is CCCCCCCCCCCC/C=C/C(O)C(CO)NC(=O)CCCCCCCCCCCCCCCC/C=C\CCCCCCCCCCCCCCOC(=O)CCCCCCCCCCCCCCCC. The molecule has 0 aromatic rings. The van der Waals surface area contributed by atoms with Crippen LogP contribution in [0.15, 0.2) is 24.3 Å². The second-order valence-electron chi connectivity index (χ2n) is 22.8. The van der Waals surface area contributed by atoms with E-state index in [0.717, 1.165) is 38.5 Å². The lowest BCUT2D eigenvalue weighted by atomic mass is 10.0. The highest BCUT2D eigenvalue weighted by atomic mass is 16.5. The van der Waals surface area contributed by atoms with E-state index in [-0.39, 0.29) is 18.5 Å². The van der Waals surface area contributed by atoms with Gasteiger partial charge in [0.2, 0.25) is 5.91 Å². The number of carbonyl (C=O) groups excluding carboxylic acids is 2. The normalized spacial score (nSPS) is 12.7. The van der Waals surface area contributed by atoms with Gasteiger partial charge in [-0.15, -0.1) is 0 Å². The maximum absolute atomic E-state index is 12.4. The molecule has 0 fully saturated rings. The number of hydrogen-bond acceptors (Lipinski definition) is 5. The zero-order valence-corrected chi connectivity index (χ0v) is 49.4. The summed E-state index contributed by atoms with van der Waals surface area (Å²) in [7, 11) is 0. The van der Waals surface area contributed by atoms with Crippen molar-refractivity contribution >= 4 is 11.9 Å². The van der Waals surface area contributed by atoms with Crippen LogP contribution in [0.1, 0.15) is 367 Å². The molecule has 0 aromatic heterocycles. The zero-order chi connectivity index (χ0) is 52.9. The van der Waals surface area contributed by atoms with Crippen LogP contribution < -0.4 is 5.32 Å². The van der Waals surface area contributed by atoms with Gasteiger partial charge in [-0.2, -0.15) is 0 Å². The maximum atomic E-state index is 12.4. The summed E-state index contributed by atoms with van der Waals surface area (Å²) in [6.07, 6.45) is 78.2. The molecule has 0 rings (SSSR count). The smallest absolute Gasteiger partial charge is 0.305 e. The van der Waals surface area contributed by atoms with Crippen LogP contribution in [0.25, 0.3) is 0 Å². The van der Waals surface area contributed by atoms with Crippen molar-refractivity contribution in [1.29, 1.82) is 0 Å². The average Bonchev–Trinajstić information content (AvgIpc) is 3.39. The molecule has 0 aliphatic carbocycles. The molecule has 2 unspecified atom stereocenters. The van der Waals surface area contributed by atoms with E-state index in [2.05, 4.69) is 31.3 Å². The molecule has 0 bridgehead atoms. The minimum atomic E-state index is -0.842. The molecule has 73 heavy (non-hydrogen) atoms. The molecule has 0 aliphatic heterocycles. The fraction of sp³-hybridized carbons (Fsp3) is 0.910. The molecular weight excluding hydrogens is 899 g/mol. The molecule has 2 atom stereocenters. The van der Waals surface area contributed by atoms with E-state index in [9.17, 15) is 19.8 Å². The highest BCUT2D eigenvalue weighted by Gasteiger charge is 2.18. The van der Waals surface area contributed by atoms with Crippen molar-refractivity contribution in [3.05, 3.63) is 24.3 Å². The number of esters is 1. The van der Waals surface area contributed by atoms with Crippen LogP contribution in [0.3, 0.4) is 0 Å². The van der Waals surface area contributed by atoms with Gasteiger partial charge in [-0.05, 0) is 57.8 Å². The standard InChI is InChI=1S/C67H129NO5/c1-3-5-7-9-11-13-15-17-37-41-45-49-53-57-61-67(72)73-62-58-54-50-46-42-38-35-33-31-29-27-25-23-21-19-18-20-22-24-26-28-30-32-34-36-40-44-48-52-56-60-66(71)68-64(63-69)65(70)59-55-51-47-43-39-16-14-12-10-8-6-4-2/h19,21,55,59,64-65,69-70H,3-18,20,22-54,56-58,60-63H2,1-2H3,(H,68,71)/b21-19-,59-55+. The predicted molar refractivity (Wildman–Crippen MR) is 320 cm³/mol. The minimum Gasteiger partial charge on any atom is -0.466 e. The Morgan fingerprint density at radius 1 is 0.370 bits per heavy atom. The number of hydrogen-bond donors (Lipinski definition) is 3. The quantitative estimate of drug-likeness (QED) is 0.0320. The molecule has 0 heterocycles. The first kappa shape index (κ1) is 71.3. The van der Waals surface area contributed by atoms with Gasteiger partial charge in [-0.3, -0.25) is 9.59 Å². The second-order valence-corrected chi connectivity index (χ2v) is 22.8. The first-order chi connectivity index (χ1) is 36.0. The van der Waals surface area contributed by atoms with Gasteiger partial charge >= 0.3 is 5.97 Å². The Bertz CT molecular complexity index is 1140.